The van der Waals surface area contributed by atoms with E-state index in [2.05, 4.69) is 10.6 Å². The van der Waals surface area contributed by atoms with Crippen LogP contribution in [0.3, 0.4) is 0 Å². The van der Waals surface area contributed by atoms with Crippen molar-refractivity contribution in [2.45, 2.75) is 46.4 Å². The third kappa shape index (κ3) is 6.53. The standard InChI is InChI=1S/C22H28N2O3/c1-5-27-15-19-9-7-6-8-18(19)14-23-20(25)16-10-12-17(13-11-16)21(26)24-22(2,3)4/h6-13H,5,14-15H2,1-4H3,(H,23,25)(H,24,26). The van der Waals surface area contributed by atoms with Gasteiger partial charge in [-0.3, -0.25) is 9.59 Å². The van der Waals surface area contributed by atoms with Crippen LogP contribution in [0, 0.1) is 0 Å². The summed E-state index contributed by atoms with van der Waals surface area (Å²) in [5.41, 5.74) is 2.84. The Morgan fingerprint density at radius 2 is 1.44 bits per heavy atom. The molecule has 2 rings (SSSR count). The van der Waals surface area contributed by atoms with Gasteiger partial charge in [0, 0.05) is 29.8 Å². The van der Waals surface area contributed by atoms with Crippen LogP contribution in [0.2, 0.25) is 0 Å². The van der Waals surface area contributed by atoms with E-state index >= 15 is 0 Å². The fourth-order valence-corrected chi connectivity index (χ4v) is 2.55. The van der Waals surface area contributed by atoms with Gasteiger partial charge >= 0.3 is 0 Å². The van der Waals surface area contributed by atoms with Crippen LogP contribution in [0.4, 0.5) is 0 Å². The van der Waals surface area contributed by atoms with Crippen LogP contribution >= 0.6 is 0 Å². The van der Waals surface area contributed by atoms with Crippen molar-refractivity contribution >= 4 is 11.8 Å². The third-order valence-corrected chi connectivity index (χ3v) is 3.92. The lowest BCUT2D eigenvalue weighted by Gasteiger charge is -2.20. The Labute approximate surface area is 161 Å². The summed E-state index contributed by atoms with van der Waals surface area (Å²) in [6.07, 6.45) is 0. The number of carbonyl (C=O) groups excluding carboxylic acids is 2. The van der Waals surface area contributed by atoms with Gasteiger partial charge in [-0.25, -0.2) is 0 Å². The predicted molar refractivity (Wildman–Crippen MR) is 107 cm³/mol. The van der Waals surface area contributed by atoms with Crippen LogP contribution < -0.4 is 10.6 Å². The van der Waals surface area contributed by atoms with Gasteiger partial charge in [-0.1, -0.05) is 24.3 Å². The molecule has 0 aromatic heterocycles. The van der Waals surface area contributed by atoms with Crippen LogP contribution in [0.1, 0.15) is 59.5 Å². The number of benzene rings is 2. The Balaban J connectivity index is 1.98. The molecule has 0 spiro atoms. The predicted octanol–water partition coefficient (Wildman–Crippen LogP) is 3.68. The molecule has 0 aliphatic heterocycles. The van der Waals surface area contributed by atoms with E-state index in [1.807, 2.05) is 52.0 Å². The van der Waals surface area contributed by atoms with E-state index in [9.17, 15) is 9.59 Å². The molecule has 0 bridgehead atoms. The van der Waals surface area contributed by atoms with Gasteiger partial charge in [0.2, 0.25) is 0 Å². The molecule has 2 amide bonds. The molecule has 0 aliphatic carbocycles. The molecule has 0 unspecified atom stereocenters. The van der Waals surface area contributed by atoms with Gasteiger partial charge < -0.3 is 15.4 Å². The number of nitrogens with one attached hydrogen (secondary N) is 2. The van der Waals surface area contributed by atoms with Crippen molar-refractivity contribution < 1.29 is 14.3 Å². The topological polar surface area (TPSA) is 67.4 Å². The number of carbonyl (C=O) groups is 2. The Morgan fingerprint density at radius 3 is 2.00 bits per heavy atom. The van der Waals surface area contributed by atoms with Gasteiger partial charge in [-0.15, -0.1) is 0 Å². The molecule has 0 aliphatic rings. The first kappa shape index (κ1) is 20.6. The van der Waals surface area contributed by atoms with E-state index in [1.54, 1.807) is 24.3 Å². The summed E-state index contributed by atoms with van der Waals surface area (Å²) >= 11 is 0. The minimum atomic E-state index is -0.304. The van der Waals surface area contributed by atoms with Crippen LogP contribution in [-0.4, -0.2) is 24.0 Å². The molecule has 0 atom stereocenters. The lowest BCUT2D eigenvalue weighted by molar-refractivity contribution is 0.0915. The van der Waals surface area contributed by atoms with Crippen molar-refractivity contribution in [1.29, 1.82) is 0 Å². The summed E-state index contributed by atoms with van der Waals surface area (Å²) in [7, 11) is 0. The zero-order valence-electron chi connectivity index (χ0n) is 16.5. The van der Waals surface area contributed by atoms with Gasteiger partial charge in [0.1, 0.15) is 0 Å². The van der Waals surface area contributed by atoms with Gasteiger partial charge in [-0.05, 0) is 63.1 Å². The minimum Gasteiger partial charge on any atom is -0.377 e. The number of amides is 2. The van der Waals surface area contributed by atoms with Gasteiger partial charge in [0.05, 0.1) is 6.61 Å². The summed E-state index contributed by atoms with van der Waals surface area (Å²) in [6.45, 7) is 9.34. The molecular formula is C22H28N2O3. The monoisotopic (exact) mass is 368 g/mol. The van der Waals surface area contributed by atoms with Crippen molar-refractivity contribution in [3.05, 3.63) is 70.8 Å². The fourth-order valence-electron chi connectivity index (χ4n) is 2.55. The van der Waals surface area contributed by atoms with E-state index in [1.165, 1.54) is 0 Å². The van der Waals surface area contributed by atoms with Crippen molar-refractivity contribution in [2.24, 2.45) is 0 Å². The molecular weight excluding hydrogens is 340 g/mol. The van der Waals surface area contributed by atoms with Gasteiger partial charge in [-0.2, -0.15) is 0 Å². The Bertz CT molecular complexity index is 777. The lowest BCUT2D eigenvalue weighted by atomic mass is 10.1. The molecule has 144 valence electrons. The SMILES string of the molecule is CCOCc1ccccc1CNC(=O)c1ccc(C(=O)NC(C)(C)C)cc1. The molecule has 2 N–H and O–H groups in total. The molecule has 0 radical (unpaired) electrons. The Morgan fingerprint density at radius 1 is 0.889 bits per heavy atom. The van der Waals surface area contributed by atoms with E-state index in [4.69, 9.17) is 4.74 Å². The summed E-state index contributed by atoms with van der Waals surface area (Å²) in [5.74, 6) is -0.330. The highest BCUT2D eigenvalue weighted by atomic mass is 16.5. The number of hydrogen-bond donors (Lipinski definition) is 2. The molecule has 2 aromatic carbocycles. The van der Waals surface area contributed by atoms with Crippen molar-refractivity contribution in [3.63, 3.8) is 0 Å². The highest BCUT2D eigenvalue weighted by molar-refractivity contribution is 5.98. The molecule has 0 heterocycles. The average Bonchev–Trinajstić information content (AvgIpc) is 2.63. The van der Waals surface area contributed by atoms with Gasteiger partial charge in [0.15, 0.2) is 0 Å². The smallest absolute Gasteiger partial charge is 0.251 e. The highest BCUT2D eigenvalue weighted by Gasteiger charge is 2.15. The number of ether oxygens (including phenoxy) is 1. The Kier molecular flexibility index (Phi) is 7.13. The zero-order chi connectivity index (χ0) is 19.9. The molecule has 5 heteroatoms. The van der Waals surface area contributed by atoms with Crippen LogP contribution in [0.25, 0.3) is 0 Å². The van der Waals surface area contributed by atoms with Crippen molar-refractivity contribution in [2.75, 3.05) is 6.61 Å². The number of rotatable bonds is 7. The van der Waals surface area contributed by atoms with E-state index in [0.717, 1.165) is 11.1 Å². The quantitative estimate of drug-likeness (QED) is 0.783. The third-order valence-electron chi connectivity index (χ3n) is 3.92. The van der Waals surface area contributed by atoms with Crippen molar-refractivity contribution in [3.8, 4) is 0 Å². The molecule has 27 heavy (non-hydrogen) atoms. The number of hydrogen-bond acceptors (Lipinski definition) is 3. The summed E-state index contributed by atoms with van der Waals surface area (Å²) in [6, 6.07) is 14.5. The van der Waals surface area contributed by atoms with E-state index in [0.29, 0.717) is 30.9 Å². The zero-order valence-corrected chi connectivity index (χ0v) is 16.5. The second-order valence-electron chi connectivity index (χ2n) is 7.37. The summed E-state index contributed by atoms with van der Waals surface area (Å²) in [5, 5.41) is 5.83. The summed E-state index contributed by atoms with van der Waals surface area (Å²) in [4.78, 5) is 24.6. The molecule has 0 fully saturated rings. The maximum absolute atomic E-state index is 12.4. The fraction of sp³-hybridized carbons (Fsp3) is 0.364. The van der Waals surface area contributed by atoms with E-state index < -0.39 is 0 Å². The van der Waals surface area contributed by atoms with E-state index in [-0.39, 0.29) is 17.4 Å². The van der Waals surface area contributed by atoms with Crippen LogP contribution in [0.5, 0.6) is 0 Å². The van der Waals surface area contributed by atoms with Crippen LogP contribution in [0.15, 0.2) is 48.5 Å². The second-order valence-corrected chi connectivity index (χ2v) is 7.37. The lowest BCUT2D eigenvalue weighted by Crippen LogP contribution is -2.40. The average molecular weight is 368 g/mol. The maximum atomic E-state index is 12.4. The molecule has 0 saturated carbocycles. The maximum Gasteiger partial charge on any atom is 0.251 e. The first-order valence-corrected chi connectivity index (χ1v) is 9.15. The minimum absolute atomic E-state index is 0.153. The highest BCUT2D eigenvalue weighted by Crippen LogP contribution is 2.11. The first-order valence-electron chi connectivity index (χ1n) is 9.15. The Hall–Kier alpha value is -2.66. The molecule has 5 nitrogen and oxygen atoms in total. The van der Waals surface area contributed by atoms with Gasteiger partial charge in [0.25, 0.3) is 11.8 Å². The molecule has 2 aromatic rings. The summed E-state index contributed by atoms with van der Waals surface area (Å²) < 4.78 is 5.47. The normalized spacial score (nSPS) is 11.1. The second kappa shape index (κ2) is 9.33. The van der Waals surface area contributed by atoms with Crippen LogP contribution in [-0.2, 0) is 17.9 Å². The van der Waals surface area contributed by atoms with Crippen molar-refractivity contribution in [1.82, 2.24) is 10.6 Å². The first-order chi connectivity index (χ1) is 12.8. The molecule has 0 saturated heterocycles. The largest absolute Gasteiger partial charge is 0.377 e.